The first-order valence-corrected chi connectivity index (χ1v) is 6.29. The quantitative estimate of drug-likeness (QED) is 0.601. The van der Waals surface area contributed by atoms with Crippen LogP contribution in [-0.2, 0) is 0 Å². The van der Waals surface area contributed by atoms with E-state index in [4.69, 9.17) is 4.42 Å². The van der Waals surface area contributed by atoms with Crippen LogP contribution in [-0.4, -0.2) is 0 Å². The number of hydrogen-bond donors (Lipinski definition) is 0. The Morgan fingerprint density at radius 2 is 1.65 bits per heavy atom. The van der Waals surface area contributed by atoms with Crippen molar-refractivity contribution >= 4 is 26.9 Å². The summed E-state index contributed by atoms with van der Waals surface area (Å²) in [6, 6.07) is 16.3. The van der Waals surface area contributed by atoms with Crippen molar-refractivity contribution in [3.8, 4) is 11.3 Å². The van der Waals surface area contributed by atoms with Crippen LogP contribution in [0.25, 0.3) is 22.3 Å². The zero-order valence-electron chi connectivity index (χ0n) is 9.41. The average Bonchev–Trinajstić information content (AvgIpc) is 2.69. The molecule has 0 N–H and O–H groups in total. The maximum Gasteiger partial charge on any atom is 0.138 e. The van der Waals surface area contributed by atoms with E-state index in [0.29, 0.717) is 0 Å². The van der Waals surface area contributed by atoms with E-state index in [1.165, 1.54) is 10.9 Å². The molecular formula is C15H11BrO. The van der Waals surface area contributed by atoms with Gasteiger partial charge in [0.25, 0.3) is 0 Å². The van der Waals surface area contributed by atoms with Crippen molar-refractivity contribution in [2.75, 3.05) is 0 Å². The molecule has 3 aromatic rings. The molecule has 0 aliphatic carbocycles. The lowest BCUT2D eigenvalue weighted by Gasteiger charge is -1.98. The monoisotopic (exact) mass is 286 g/mol. The molecule has 0 aliphatic rings. The Morgan fingerprint density at radius 1 is 0.941 bits per heavy atom. The van der Waals surface area contributed by atoms with E-state index >= 15 is 0 Å². The zero-order chi connectivity index (χ0) is 11.8. The number of para-hydroxylation sites is 1. The fraction of sp³-hybridized carbons (Fsp3) is 0.0667. The number of aryl methyl sites for hydroxylation is 1. The highest BCUT2D eigenvalue weighted by Gasteiger charge is 2.11. The Kier molecular flexibility index (Phi) is 2.52. The molecule has 0 amide bonds. The van der Waals surface area contributed by atoms with Gasteiger partial charge in [-0.3, -0.25) is 0 Å². The molecule has 0 aliphatic heterocycles. The van der Waals surface area contributed by atoms with Crippen LogP contribution in [0.3, 0.4) is 0 Å². The third-order valence-electron chi connectivity index (χ3n) is 2.95. The minimum absolute atomic E-state index is 0.947. The molecule has 0 atom stereocenters. The summed E-state index contributed by atoms with van der Waals surface area (Å²) in [6.07, 6.45) is 0. The van der Waals surface area contributed by atoms with E-state index in [2.05, 4.69) is 41.1 Å². The van der Waals surface area contributed by atoms with Crippen LogP contribution in [0.4, 0.5) is 0 Å². The van der Waals surface area contributed by atoms with E-state index in [1.54, 1.807) is 0 Å². The van der Waals surface area contributed by atoms with Crippen LogP contribution in [0.1, 0.15) is 5.56 Å². The van der Waals surface area contributed by atoms with Crippen molar-refractivity contribution in [3.05, 3.63) is 58.6 Å². The molecule has 1 aromatic heterocycles. The maximum atomic E-state index is 5.91. The van der Waals surface area contributed by atoms with E-state index in [9.17, 15) is 0 Å². The largest absolute Gasteiger partial charge is 0.456 e. The predicted molar refractivity (Wildman–Crippen MR) is 74.1 cm³/mol. The Morgan fingerprint density at radius 3 is 2.35 bits per heavy atom. The standard InChI is InChI=1S/C15H11BrO/c1-10-13-4-2-3-5-14(13)17-15(10)11-6-8-12(16)9-7-11/h2-9H,1H3. The molecule has 0 fully saturated rings. The van der Waals surface area contributed by atoms with Crippen LogP contribution >= 0.6 is 15.9 Å². The minimum Gasteiger partial charge on any atom is -0.456 e. The van der Waals surface area contributed by atoms with Crippen LogP contribution in [0.5, 0.6) is 0 Å². The number of hydrogen-bond acceptors (Lipinski definition) is 1. The summed E-state index contributed by atoms with van der Waals surface area (Å²) < 4.78 is 6.99. The second-order valence-corrected chi connectivity index (χ2v) is 4.97. The lowest BCUT2D eigenvalue weighted by atomic mass is 10.1. The summed E-state index contributed by atoms with van der Waals surface area (Å²) in [4.78, 5) is 0. The maximum absolute atomic E-state index is 5.91. The van der Waals surface area contributed by atoms with Crippen LogP contribution in [0.2, 0.25) is 0 Å². The molecule has 0 unspecified atom stereocenters. The number of furan rings is 1. The van der Waals surface area contributed by atoms with Crippen LogP contribution < -0.4 is 0 Å². The SMILES string of the molecule is Cc1c(-c2ccc(Br)cc2)oc2ccccc12. The van der Waals surface area contributed by atoms with Crippen molar-refractivity contribution in [1.29, 1.82) is 0 Å². The summed E-state index contributed by atoms with van der Waals surface area (Å²) in [6.45, 7) is 2.10. The predicted octanol–water partition coefficient (Wildman–Crippen LogP) is 5.17. The van der Waals surface area contributed by atoms with E-state index in [-0.39, 0.29) is 0 Å². The van der Waals surface area contributed by atoms with E-state index in [1.807, 2.05) is 30.3 Å². The first kappa shape index (κ1) is 10.6. The van der Waals surface area contributed by atoms with Gasteiger partial charge >= 0.3 is 0 Å². The minimum atomic E-state index is 0.947. The topological polar surface area (TPSA) is 13.1 Å². The van der Waals surface area contributed by atoms with E-state index < -0.39 is 0 Å². The summed E-state index contributed by atoms with van der Waals surface area (Å²) in [7, 11) is 0. The second-order valence-electron chi connectivity index (χ2n) is 4.06. The molecule has 2 heteroatoms. The van der Waals surface area contributed by atoms with Crippen molar-refractivity contribution < 1.29 is 4.42 Å². The Hall–Kier alpha value is -1.54. The molecule has 0 radical (unpaired) electrons. The summed E-state index contributed by atoms with van der Waals surface area (Å²) in [5.41, 5.74) is 3.26. The zero-order valence-corrected chi connectivity index (χ0v) is 11.0. The molecular weight excluding hydrogens is 276 g/mol. The molecule has 3 rings (SSSR count). The van der Waals surface area contributed by atoms with Gasteiger partial charge in [-0.2, -0.15) is 0 Å². The number of fused-ring (bicyclic) bond motifs is 1. The Labute approximate surface area is 108 Å². The fourth-order valence-corrected chi connectivity index (χ4v) is 2.32. The molecule has 0 saturated heterocycles. The number of halogens is 1. The van der Waals surface area contributed by atoms with Crippen molar-refractivity contribution in [1.82, 2.24) is 0 Å². The average molecular weight is 287 g/mol. The van der Waals surface area contributed by atoms with Gasteiger partial charge in [-0.05, 0) is 25.1 Å². The highest BCUT2D eigenvalue weighted by Crippen LogP contribution is 2.33. The first-order chi connectivity index (χ1) is 8.25. The van der Waals surface area contributed by atoms with Crippen LogP contribution in [0, 0.1) is 6.92 Å². The van der Waals surface area contributed by atoms with Gasteiger partial charge in [0.1, 0.15) is 11.3 Å². The van der Waals surface area contributed by atoms with Gasteiger partial charge in [-0.15, -0.1) is 0 Å². The third kappa shape index (κ3) is 1.79. The first-order valence-electron chi connectivity index (χ1n) is 5.50. The Bertz CT molecular complexity index is 665. The molecule has 1 nitrogen and oxygen atoms in total. The molecule has 0 bridgehead atoms. The van der Waals surface area contributed by atoms with Gasteiger partial charge in [0, 0.05) is 21.0 Å². The van der Waals surface area contributed by atoms with Gasteiger partial charge in [0.2, 0.25) is 0 Å². The molecule has 1 heterocycles. The Balaban J connectivity index is 2.24. The lowest BCUT2D eigenvalue weighted by Crippen LogP contribution is -1.76. The third-order valence-corrected chi connectivity index (χ3v) is 3.48. The summed E-state index contributed by atoms with van der Waals surface area (Å²) >= 11 is 3.44. The smallest absolute Gasteiger partial charge is 0.138 e. The highest BCUT2D eigenvalue weighted by molar-refractivity contribution is 9.10. The molecule has 84 valence electrons. The highest BCUT2D eigenvalue weighted by atomic mass is 79.9. The second kappa shape index (κ2) is 4.04. The summed E-state index contributed by atoms with van der Waals surface area (Å²) in [5, 5.41) is 1.19. The normalized spacial score (nSPS) is 10.9. The van der Waals surface area contributed by atoms with Gasteiger partial charge in [0.05, 0.1) is 0 Å². The number of benzene rings is 2. The van der Waals surface area contributed by atoms with Crippen molar-refractivity contribution in [3.63, 3.8) is 0 Å². The van der Waals surface area contributed by atoms with Gasteiger partial charge < -0.3 is 4.42 Å². The molecule has 0 spiro atoms. The molecule has 0 saturated carbocycles. The van der Waals surface area contributed by atoms with Gasteiger partial charge in [-0.25, -0.2) is 0 Å². The summed E-state index contributed by atoms with van der Waals surface area (Å²) in [5.74, 6) is 0.957. The fourth-order valence-electron chi connectivity index (χ4n) is 2.05. The van der Waals surface area contributed by atoms with Crippen molar-refractivity contribution in [2.45, 2.75) is 6.92 Å². The van der Waals surface area contributed by atoms with Gasteiger partial charge in [-0.1, -0.05) is 46.3 Å². The van der Waals surface area contributed by atoms with Crippen LogP contribution in [0.15, 0.2) is 57.4 Å². The molecule has 17 heavy (non-hydrogen) atoms. The van der Waals surface area contributed by atoms with Gasteiger partial charge in [0.15, 0.2) is 0 Å². The molecule has 2 aromatic carbocycles. The van der Waals surface area contributed by atoms with Crippen molar-refractivity contribution in [2.24, 2.45) is 0 Å². The number of rotatable bonds is 1. The van der Waals surface area contributed by atoms with E-state index in [0.717, 1.165) is 21.4 Å². The lowest BCUT2D eigenvalue weighted by molar-refractivity contribution is 0.629.